The molecule has 2 aromatic carbocycles. The fourth-order valence-corrected chi connectivity index (χ4v) is 2.07. The number of nitrogens with zero attached hydrogens (tertiary/aromatic N) is 1. The first-order valence-corrected chi connectivity index (χ1v) is 6.90. The van der Waals surface area contributed by atoms with Crippen LogP contribution in [0, 0.1) is 0 Å². The maximum absolute atomic E-state index is 12.2. The SMILES string of the molecule is CCNC(=O)N(Cc1ccccc1)Cc1ccccc1. The number of hydrogen-bond acceptors (Lipinski definition) is 1. The average molecular weight is 268 g/mol. The summed E-state index contributed by atoms with van der Waals surface area (Å²) < 4.78 is 0. The van der Waals surface area contributed by atoms with E-state index in [4.69, 9.17) is 0 Å². The zero-order valence-corrected chi connectivity index (χ0v) is 11.8. The lowest BCUT2D eigenvalue weighted by molar-refractivity contribution is 0.193. The first kappa shape index (κ1) is 14.1. The fraction of sp³-hybridized carbons (Fsp3) is 0.235. The number of carbonyl (C=O) groups is 1. The molecule has 2 rings (SSSR count). The van der Waals surface area contributed by atoms with Crippen molar-refractivity contribution in [2.75, 3.05) is 6.54 Å². The monoisotopic (exact) mass is 268 g/mol. The topological polar surface area (TPSA) is 32.3 Å². The van der Waals surface area contributed by atoms with E-state index < -0.39 is 0 Å². The lowest BCUT2D eigenvalue weighted by atomic mass is 10.2. The van der Waals surface area contributed by atoms with E-state index in [0.29, 0.717) is 19.6 Å². The van der Waals surface area contributed by atoms with Crippen molar-refractivity contribution in [3.63, 3.8) is 0 Å². The highest BCUT2D eigenvalue weighted by Gasteiger charge is 2.13. The first-order valence-electron chi connectivity index (χ1n) is 6.90. The Kier molecular flexibility index (Phi) is 5.18. The second-order valence-electron chi connectivity index (χ2n) is 4.66. The van der Waals surface area contributed by atoms with Crippen LogP contribution in [-0.4, -0.2) is 17.5 Å². The van der Waals surface area contributed by atoms with E-state index in [1.165, 1.54) is 0 Å². The molecule has 3 heteroatoms. The quantitative estimate of drug-likeness (QED) is 0.885. The summed E-state index contributed by atoms with van der Waals surface area (Å²) in [6.45, 7) is 3.79. The molecule has 3 nitrogen and oxygen atoms in total. The summed E-state index contributed by atoms with van der Waals surface area (Å²) in [6, 6.07) is 20.1. The van der Waals surface area contributed by atoms with Crippen LogP contribution in [0.4, 0.5) is 4.79 Å². The highest BCUT2D eigenvalue weighted by molar-refractivity contribution is 5.74. The Morgan fingerprint density at radius 1 is 0.900 bits per heavy atom. The average Bonchev–Trinajstić information content (AvgIpc) is 2.49. The van der Waals surface area contributed by atoms with Gasteiger partial charge in [0.05, 0.1) is 0 Å². The molecule has 0 aliphatic heterocycles. The summed E-state index contributed by atoms with van der Waals surface area (Å²) >= 11 is 0. The van der Waals surface area contributed by atoms with Gasteiger partial charge in [0.25, 0.3) is 0 Å². The zero-order chi connectivity index (χ0) is 14.2. The third-order valence-electron chi connectivity index (χ3n) is 3.05. The molecule has 0 aromatic heterocycles. The minimum absolute atomic E-state index is 0.0276. The molecular weight excluding hydrogens is 248 g/mol. The van der Waals surface area contributed by atoms with Gasteiger partial charge in [-0.05, 0) is 18.1 Å². The van der Waals surface area contributed by atoms with Crippen LogP contribution in [0.25, 0.3) is 0 Å². The van der Waals surface area contributed by atoms with E-state index in [0.717, 1.165) is 11.1 Å². The van der Waals surface area contributed by atoms with Crippen molar-refractivity contribution in [1.82, 2.24) is 10.2 Å². The predicted octanol–water partition coefficient (Wildman–Crippen LogP) is 3.42. The van der Waals surface area contributed by atoms with E-state index in [1.54, 1.807) is 0 Å². The fourth-order valence-electron chi connectivity index (χ4n) is 2.07. The van der Waals surface area contributed by atoms with Crippen molar-refractivity contribution < 1.29 is 4.79 Å². The molecule has 1 N–H and O–H groups in total. The Bertz CT molecular complexity index is 484. The van der Waals surface area contributed by atoms with Gasteiger partial charge in [-0.2, -0.15) is 0 Å². The molecule has 0 bridgehead atoms. The van der Waals surface area contributed by atoms with Crippen LogP contribution in [0.2, 0.25) is 0 Å². The second-order valence-corrected chi connectivity index (χ2v) is 4.66. The normalized spacial score (nSPS) is 10.1. The molecule has 20 heavy (non-hydrogen) atoms. The minimum Gasteiger partial charge on any atom is -0.338 e. The van der Waals surface area contributed by atoms with Crippen molar-refractivity contribution in [1.29, 1.82) is 0 Å². The van der Waals surface area contributed by atoms with Gasteiger partial charge in [-0.15, -0.1) is 0 Å². The molecule has 104 valence electrons. The van der Waals surface area contributed by atoms with Gasteiger partial charge in [0.1, 0.15) is 0 Å². The van der Waals surface area contributed by atoms with Crippen LogP contribution in [0.15, 0.2) is 60.7 Å². The summed E-state index contributed by atoms with van der Waals surface area (Å²) in [6.07, 6.45) is 0. The van der Waals surface area contributed by atoms with Crippen molar-refractivity contribution >= 4 is 6.03 Å². The van der Waals surface area contributed by atoms with Gasteiger partial charge in [0.15, 0.2) is 0 Å². The van der Waals surface area contributed by atoms with E-state index >= 15 is 0 Å². The molecule has 0 spiro atoms. The van der Waals surface area contributed by atoms with Crippen LogP contribution < -0.4 is 5.32 Å². The summed E-state index contributed by atoms with van der Waals surface area (Å²) in [7, 11) is 0. The van der Waals surface area contributed by atoms with Gasteiger partial charge >= 0.3 is 6.03 Å². The summed E-state index contributed by atoms with van der Waals surface area (Å²) in [5.74, 6) is 0. The van der Waals surface area contributed by atoms with Crippen molar-refractivity contribution in [3.8, 4) is 0 Å². The van der Waals surface area contributed by atoms with Gasteiger partial charge in [0.2, 0.25) is 0 Å². The number of benzene rings is 2. The minimum atomic E-state index is -0.0276. The third-order valence-corrected chi connectivity index (χ3v) is 3.05. The van der Waals surface area contributed by atoms with E-state index in [-0.39, 0.29) is 6.03 Å². The smallest absolute Gasteiger partial charge is 0.317 e. The first-order chi connectivity index (χ1) is 9.79. The standard InChI is InChI=1S/C17H20N2O/c1-2-18-17(20)19(13-15-9-5-3-6-10-15)14-16-11-7-4-8-12-16/h3-12H,2,13-14H2,1H3,(H,18,20). The number of urea groups is 1. The highest BCUT2D eigenvalue weighted by Crippen LogP contribution is 2.10. The summed E-state index contributed by atoms with van der Waals surface area (Å²) in [4.78, 5) is 14.0. The Hall–Kier alpha value is -2.29. The maximum atomic E-state index is 12.2. The molecule has 0 saturated heterocycles. The molecule has 0 radical (unpaired) electrons. The molecule has 0 atom stereocenters. The highest BCUT2D eigenvalue weighted by atomic mass is 16.2. The molecule has 0 saturated carbocycles. The van der Waals surface area contributed by atoms with Crippen molar-refractivity contribution in [3.05, 3.63) is 71.8 Å². The van der Waals surface area contributed by atoms with Gasteiger partial charge < -0.3 is 10.2 Å². The lowest BCUT2D eigenvalue weighted by Crippen LogP contribution is -2.38. The Morgan fingerprint density at radius 2 is 1.35 bits per heavy atom. The van der Waals surface area contributed by atoms with E-state index in [1.807, 2.05) is 72.5 Å². The van der Waals surface area contributed by atoms with Crippen LogP contribution in [-0.2, 0) is 13.1 Å². The van der Waals surface area contributed by atoms with Crippen molar-refractivity contribution in [2.24, 2.45) is 0 Å². The molecular formula is C17H20N2O. The Balaban J connectivity index is 2.10. The number of nitrogens with one attached hydrogen (secondary N) is 1. The maximum Gasteiger partial charge on any atom is 0.317 e. The third kappa shape index (κ3) is 4.12. The molecule has 0 heterocycles. The number of rotatable bonds is 5. The van der Waals surface area contributed by atoms with E-state index in [2.05, 4.69) is 5.32 Å². The summed E-state index contributed by atoms with van der Waals surface area (Å²) in [5, 5.41) is 2.87. The molecule has 2 aromatic rings. The predicted molar refractivity (Wildman–Crippen MR) is 81.2 cm³/mol. The lowest BCUT2D eigenvalue weighted by Gasteiger charge is -2.23. The number of carbonyl (C=O) groups excluding carboxylic acids is 1. The van der Waals surface area contributed by atoms with Crippen molar-refractivity contribution in [2.45, 2.75) is 20.0 Å². The van der Waals surface area contributed by atoms with Gasteiger partial charge in [-0.1, -0.05) is 60.7 Å². The largest absolute Gasteiger partial charge is 0.338 e. The second kappa shape index (κ2) is 7.34. The van der Waals surface area contributed by atoms with Gasteiger partial charge in [-0.25, -0.2) is 4.79 Å². The molecule has 0 aliphatic carbocycles. The number of hydrogen-bond donors (Lipinski definition) is 1. The van der Waals surface area contributed by atoms with Gasteiger partial charge in [-0.3, -0.25) is 0 Å². The molecule has 0 fully saturated rings. The Morgan fingerprint density at radius 3 is 1.75 bits per heavy atom. The van der Waals surface area contributed by atoms with Crippen LogP contribution in [0.5, 0.6) is 0 Å². The summed E-state index contributed by atoms with van der Waals surface area (Å²) in [5.41, 5.74) is 2.27. The molecule has 2 amide bonds. The molecule has 0 unspecified atom stereocenters. The van der Waals surface area contributed by atoms with Gasteiger partial charge in [0, 0.05) is 19.6 Å². The number of amides is 2. The Labute approximate surface area is 120 Å². The van der Waals surface area contributed by atoms with Crippen LogP contribution in [0.3, 0.4) is 0 Å². The molecule has 0 aliphatic rings. The van der Waals surface area contributed by atoms with E-state index in [9.17, 15) is 4.79 Å². The zero-order valence-electron chi connectivity index (χ0n) is 11.8. The van der Waals surface area contributed by atoms with Crippen LogP contribution >= 0.6 is 0 Å². The van der Waals surface area contributed by atoms with Crippen LogP contribution in [0.1, 0.15) is 18.1 Å².